The lowest BCUT2D eigenvalue weighted by molar-refractivity contribution is -0.145. The van der Waals surface area contributed by atoms with Crippen LogP contribution in [0.15, 0.2) is 0 Å². The van der Waals surface area contributed by atoms with Crippen LogP contribution >= 0.6 is 0 Å². The van der Waals surface area contributed by atoms with Gasteiger partial charge < -0.3 is 15.7 Å². The molecule has 1 amide bonds. The quantitative estimate of drug-likeness (QED) is 0.457. The number of amides is 1. The molecule has 3 aliphatic rings. The molecular formula is C16H28FN5O3. The van der Waals surface area contributed by atoms with Crippen LogP contribution in [0.4, 0.5) is 4.39 Å². The molecule has 0 aromatic heterocycles. The molecule has 6 unspecified atom stereocenters. The molecule has 3 fully saturated rings. The van der Waals surface area contributed by atoms with Crippen molar-refractivity contribution in [2.75, 3.05) is 19.8 Å². The fourth-order valence-electron chi connectivity index (χ4n) is 3.99. The summed E-state index contributed by atoms with van der Waals surface area (Å²) >= 11 is 0. The van der Waals surface area contributed by atoms with E-state index in [-0.39, 0.29) is 30.8 Å². The summed E-state index contributed by atoms with van der Waals surface area (Å²) in [5.74, 6) is -2.26. The summed E-state index contributed by atoms with van der Waals surface area (Å²) < 4.78 is 14.0. The third kappa shape index (κ3) is 4.28. The van der Waals surface area contributed by atoms with Crippen LogP contribution in [0.25, 0.3) is 0 Å². The van der Waals surface area contributed by atoms with Gasteiger partial charge in [0.05, 0.1) is 12.1 Å². The standard InChI is InChI=1S/C16H28FN5O3/c1-9-6-10(16(24)25)13(7-11(9)17)19-15(23)12-2-3-14(21-20-12)22-5-4-18-8-22/h9-14,18,20-21H,2-8H2,1H3,(H,19,23)(H,24,25). The van der Waals surface area contributed by atoms with E-state index in [1.54, 1.807) is 6.92 Å². The van der Waals surface area contributed by atoms with Crippen molar-refractivity contribution in [3.05, 3.63) is 0 Å². The van der Waals surface area contributed by atoms with Crippen LogP contribution in [0, 0.1) is 11.8 Å². The fraction of sp³-hybridized carbons (Fsp3) is 0.875. The van der Waals surface area contributed by atoms with Gasteiger partial charge in [0.25, 0.3) is 0 Å². The van der Waals surface area contributed by atoms with E-state index in [2.05, 4.69) is 26.4 Å². The normalized spacial score (nSPS) is 39.9. The molecule has 5 N–H and O–H groups in total. The van der Waals surface area contributed by atoms with Gasteiger partial charge in [-0.2, -0.15) is 0 Å². The van der Waals surface area contributed by atoms with Crippen LogP contribution in [0.5, 0.6) is 0 Å². The molecule has 2 saturated heterocycles. The van der Waals surface area contributed by atoms with Gasteiger partial charge in [-0.1, -0.05) is 6.92 Å². The van der Waals surface area contributed by atoms with Crippen molar-refractivity contribution in [2.24, 2.45) is 11.8 Å². The number of halogens is 1. The fourth-order valence-corrected chi connectivity index (χ4v) is 3.99. The Morgan fingerprint density at radius 3 is 2.64 bits per heavy atom. The van der Waals surface area contributed by atoms with E-state index in [9.17, 15) is 19.1 Å². The third-order valence-electron chi connectivity index (χ3n) is 5.65. The number of carboxylic acids is 1. The van der Waals surface area contributed by atoms with E-state index >= 15 is 0 Å². The Kier molecular flexibility index (Phi) is 5.88. The molecule has 0 radical (unpaired) electrons. The first-order chi connectivity index (χ1) is 12.0. The predicted molar refractivity (Wildman–Crippen MR) is 89.0 cm³/mol. The molecule has 8 nitrogen and oxygen atoms in total. The van der Waals surface area contributed by atoms with Gasteiger partial charge in [-0.25, -0.2) is 15.2 Å². The highest BCUT2D eigenvalue weighted by Gasteiger charge is 2.41. The molecule has 9 heteroatoms. The monoisotopic (exact) mass is 357 g/mol. The molecule has 2 aliphatic heterocycles. The Hall–Kier alpha value is -1.29. The number of carboxylic acid groups (broad SMARTS) is 1. The van der Waals surface area contributed by atoms with Gasteiger partial charge in [-0.15, -0.1) is 0 Å². The molecule has 142 valence electrons. The summed E-state index contributed by atoms with van der Waals surface area (Å²) in [5, 5.41) is 15.4. The summed E-state index contributed by atoms with van der Waals surface area (Å²) in [6.45, 7) is 4.48. The molecular weight excluding hydrogens is 329 g/mol. The lowest BCUT2D eigenvalue weighted by Gasteiger charge is -2.38. The maximum Gasteiger partial charge on any atom is 0.308 e. The van der Waals surface area contributed by atoms with Crippen LogP contribution in [-0.4, -0.2) is 66.1 Å². The zero-order valence-corrected chi connectivity index (χ0v) is 14.5. The number of hydrogen-bond donors (Lipinski definition) is 5. The Morgan fingerprint density at radius 1 is 1.24 bits per heavy atom. The second-order valence-corrected chi connectivity index (χ2v) is 7.43. The Bertz CT molecular complexity index is 494. The second kappa shape index (κ2) is 7.94. The largest absolute Gasteiger partial charge is 0.481 e. The number of hydrazine groups is 1. The van der Waals surface area contributed by atoms with Crippen molar-refractivity contribution in [1.29, 1.82) is 0 Å². The topological polar surface area (TPSA) is 106 Å². The van der Waals surface area contributed by atoms with Crippen molar-refractivity contribution in [3.8, 4) is 0 Å². The van der Waals surface area contributed by atoms with Crippen molar-refractivity contribution in [1.82, 2.24) is 26.4 Å². The Labute approximate surface area is 146 Å². The third-order valence-corrected chi connectivity index (χ3v) is 5.65. The number of alkyl halides is 1. The maximum absolute atomic E-state index is 14.0. The zero-order valence-electron chi connectivity index (χ0n) is 14.5. The molecule has 2 heterocycles. The minimum atomic E-state index is -1.08. The first-order valence-corrected chi connectivity index (χ1v) is 9.08. The van der Waals surface area contributed by atoms with E-state index in [1.165, 1.54) is 0 Å². The summed E-state index contributed by atoms with van der Waals surface area (Å²) in [5.41, 5.74) is 6.19. The van der Waals surface area contributed by atoms with Gasteiger partial charge in [0.15, 0.2) is 0 Å². The van der Waals surface area contributed by atoms with E-state index in [1.807, 2.05) is 0 Å². The van der Waals surface area contributed by atoms with Crippen molar-refractivity contribution in [3.63, 3.8) is 0 Å². The van der Waals surface area contributed by atoms with Crippen molar-refractivity contribution in [2.45, 2.75) is 57.0 Å². The smallest absolute Gasteiger partial charge is 0.308 e. The molecule has 1 saturated carbocycles. The molecule has 0 spiro atoms. The first-order valence-electron chi connectivity index (χ1n) is 9.08. The predicted octanol–water partition coefficient (Wildman–Crippen LogP) is -0.615. The van der Waals surface area contributed by atoms with Crippen LogP contribution in [0.3, 0.4) is 0 Å². The Balaban J connectivity index is 1.52. The molecule has 25 heavy (non-hydrogen) atoms. The van der Waals surface area contributed by atoms with Crippen LogP contribution < -0.4 is 21.5 Å². The lowest BCUT2D eigenvalue weighted by Crippen LogP contribution is -2.63. The molecule has 0 bridgehead atoms. The van der Waals surface area contributed by atoms with Crippen molar-refractivity contribution >= 4 is 11.9 Å². The van der Waals surface area contributed by atoms with E-state index < -0.39 is 30.1 Å². The summed E-state index contributed by atoms with van der Waals surface area (Å²) in [4.78, 5) is 26.2. The van der Waals surface area contributed by atoms with Gasteiger partial charge in [-0.05, 0) is 31.6 Å². The van der Waals surface area contributed by atoms with E-state index in [0.717, 1.165) is 26.2 Å². The van der Waals surface area contributed by atoms with Gasteiger partial charge >= 0.3 is 5.97 Å². The summed E-state index contributed by atoms with van der Waals surface area (Å²) in [6.07, 6.45) is 0.887. The number of nitrogens with one attached hydrogen (secondary N) is 4. The molecule has 0 aromatic rings. The summed E-state index contributed by atoms with van der Waals surface area (Å²) in [6, 6.07) is -1.09. The number of carbonyl (C=O) groups is 2. The average Bonchev–Trinajstić information content (AvgIpc) is 3.12. The highest BCUT2D eigenvalue weighted by Crippen LogP contribution is 2.32. The van der Waals surface area contributed by atoms with Crippen LogP contribution in [-0.2, 0) is 9.59 Å². The summed E-state index contributed by atoms with van der Waals surface area (Å²) in [7, 11) is 0. The number of carbonyl (C=O) groups excluding carboxylic acids is 1. The number of rotatable bonds is 4. The number of aliphatic carboxylic acids is 1. The zero-order chi connectivity index (χ0) is 18.0. The van der Waals surface area contributed by atoms with Crippen LogP contribution in [0.2, 0.25) is 0 Å². The maximum atomic E-state index is 14.0. The minimum Gasteiger partial charge on any atom is -0.481 e. The second-order valence-electron chi connectivity index (χ2n) is 7.43. The average molecular weight is 357 g/mol. The van der Waals surface area contributed by atoms with Gasteiger partial charge in [0, 0.05) is 25.8 Å². The molecule has 0 aromatic carbocycles. The van der Waals surface area contributed by atoms with Gasteiger partial charge in [-0.3, -0.25) is 14.5 Å². The lowest BCUT2D eigenvalue weighted by atomic mass is 9.77. The van der Waals surface area contributed by atoms with Gasteiger partial charge in [0.1, 0.15) is 12.2 Å². The van der Waals surface area contributed by atoms with Gasteiger partial charge in [0.2, 0.25) is 5.91 Å². The van der Waals surface area contributed by atoms with E-state index in [4.69, 9.17) is 0 Å². The first kappa shape index (κ1) is 18.5. The highest BCUT2D eigenvalue weighted by atomic mass is 19.1. The molecule has 6 atom stereocenters. The molecule has 3 rings (SSSR count). The Morgan fingerprint density at radius 2 is 2.04 bits per heavy atom. The van der Waals surface area contributed by atoms with Crippen molar-refractivity contribution < 1.29 is 19.1 Å². The van der Waals surface area contributed by atoms with Crippen LogP contribution in [0.1, 0.15) is 32.6 Å². The molecule has 1 aliphatic carbocycles. The number of hydrogen-bond acceptors (Lipinski definition) is 6. The number of nitrogens with zero attached hydrogens (tertiary/aromatic N) is 1. The minimum absolute atomic E-state index is 0.0616. The highest BCUT2D eigenvalue weighted by molar-refractivity contribution is 5.83. The SMILES string of the molecule is CC1CC(C(=O)O)C(NC(=O)C2CCC(N3CCNC3)NN2)CC1F. The van der Waals surface area contributed by atoms with E-state index in [0.29, 0.717) is 6.42 Å².